The minimum atomic E-state index is -0.211. The molecule has 1 aliphatic heterocycles. The Morgan fingerprint density at radius 1 is 1.11 bits per heavy atom. The summed E-state index contributed by atoms with van der Waals surface area (Å²) in [7, 11) is 0. The number of nitrogens with zero attached hydrogens (tertiary/aromatic N) is 1. The van der Waals surface area contributed by atoms with E-state index in [1.807, 2.05) is 41.3 Å². The van der Waals surface area contributed by atoms with Crippen molar-refractivity contribution in [2.24, 2.45) is 5.92 Å². The van der Waals surface area contributed by atoms with Crippen molar-refractivity contribution >= 4 is 35.2 Å². The number of halogens is 1. The van der Waals surface area contributed by atoms with Crippen LogP contribution in [0.1, 0.15) is 29.5 Å². The van der Waals surface area contributed by atoms with Gasteiger partial charge in [0.15, 0.2) is 0 Å². The maximum atomic E-state index is 12.3. The maximum Gasteiger partial charge on any atom is 0.248 e. The minimum absolute atomic E-state index is 0.211. The largest absolute Gasteiger partial charge is 0.338 e. The van der Waals surface area contributed by atoms with E-state index in [1.54, 1.807) is 12.1 Å². The molecule has 0 aromatic heterocycles. The SMILES string of the molecule is O=C(/C=C/c1ccccc1Cl)Nc1ccc2c(c1)CN(C(=O)C1CC1)CC2. The lowest BCUT2D eigenvalue weighted by atomic mass is 9.98. The van der Waals surface area contributed by atoms with Crippen LogP contribution in [-0.2, 0) is 22.6 Å². The molecular formula is C22H21ClN2O2. The van der Waals surface area contributed by atoms with Crippen LogP contribution in [0.3, 0.4) is 0 Å². The van der Waals surface area contributed by atoms with Gasteiger partial charge in [-0.2, -0.15) is 0 Å². The third kappa shape index (κ3) is 4.22. The number of carbonyl (C=O) groups is 2. The van der Waals surface area contributed by atoms with Crippen LogP contribution in [-0.4, -0.2) is 23.3 Å². The zero-order chi connectivity index (χ0) is 18.8. The van der Waals surface area contributed by atoms with Crippen molar-refractivity contribution in [1.82, 2.24) is 4.90 Å². The highest BCUT2D eigenvalue weighted by molar-refractivity contribution is 6.32. The van der Waals surface area contributed by atoms with Gasteiger partial charge in [-0.15, -0.1) is 0 Å². The van der Waals surface area contributed by atoms with Gasteiger partial charge in [0.2, 0.25) is 11.8 Å². The molecule has 0 radical (unpaired) electrons. The smallest absolute Gasteiger partial charge is 0.248 e. The summed E-state index contributed by atoms with van der Waals surface area (Å²) in [5.41, 5.74) is 3.90. The number of amides is 2. The van der Waals surface area contributed by atoms with Gasteiger partial charge in [0.1, 0.15) is 0 Å². The van der Waals surface area contributed by atoms with E-state index in [1.165, 1.54) is 11.6 Å². The molecule has 1 aliphatic carbocycles. The molecule has 0 atom stereocenters. The van der Waals surface area contributed by atoms with E-state index in [0.717, 1.165) is 42.6 Å². The number of anilines is 1. The molecule has 138 valence electrons. The molecule has 4 nitrogen and oxygen atoms in total. The number of rotatable bonds is 4. The second-order valence-corrected chi connectivity index (χ2v) is 7.52. The number of benzene rings is 2. The van der Waals surface area contributed by atoms with E-state index >= 15 is 0 Å². The average Bonchev–Trinajstić information content (AvgIpc) is 3.51. The molecule has 0 saturated heterocycles. The number of hydrogen-bond acceptors (Lipinski definition) is 2. The fourth-order valence-corrected chi connectivity index (χ4v) is 3.57. The monoisotopic (exact) mass is 380 g/mol. The summed E-state index contributed by atoms with van der Waals surface area (Å²) < 4.78 is 0. The Kier molecular flexibility index (Phi) is 4.99. The van der Waals surface area contributed by atoms with Gasteiger partial charge in [-0.1, -0.05) is 35.9 Å². The van der Waals surface area contributed by atoms with Crippen LogP contribution >= 0.6 is 11.6 Å². The number of fused-ring (bicyclic) bond motifs is 1. The van der Waals surface area contributed by atoms with Crippen molar-refractivity contribution in [1.29, 1.82) is 0 Å². The third-order valence-electron chi connectivity index (χ3n) is 5.04. The predicted octanol–water partition coefficient (Wildman–Crippen LogP) is 4.29. The molecule has 0 spiro atoms. The Morgan fingerprint density at radius 3 is 2.70 bits per heavy atom. The highest BCUT2D eigenvalue weighted by atomic mass is 35.5. The van der Waals surface area contributed by atoms with Gasteiger partial charge < -0.3 is 10.2 Å². The third-order valence-corrected chi connectivity index (χ3v) is 5.39. The van der Waals surface area contributed by atoms with Gasteiger partial charge in [-0.05, 0) is 60.2 Å². The Hall–Kier alpha value is -2.59. The summed E-state index contributed by atoms with van der Waals surface area (Å²) in [5, 5.41) is 3.50. The van der Waals surface area contributed by atoms with E-state index in [2.05, 4.69) is 5.32 Å². The summed E-state index contributed by atoms with van der Waals surface area (Å²) in [6, 6.07) is 13.3. The van der Waals surface area contributed by atoms with Crippen LogP contribution in [0.5, 0.6) is 0 Å². The Morgan fingerprint density at radius 2 is 1.93 bits per heavy atom. The lowest BCUT2D eigenvalue weighted by molar-refractivity contribution is -0.133. The highest BCUT2D eigenvalue weighted by Crippen LogP contribution is 2.33. The zero-order valence-corrected chi connectivity index (χ0v) is 15.7. The number of hydrogen-bond donors (Lipinski definition) is 1. The molecule has 4 rings (SSSR count). The summed E-state index contributed by atoms with van der Waals surface area (Å²) in [4.78, 5) is 26.5. The summed E-state index contributed by atoms with van der Waals surface area (Å²) in [5.74, 6) is 0.304. The quantitative estimate of drug-likeness (QED) is 0.804. The van der Waals surface area contributed by atoms with E-state index in [9.17, 15) is 9.59 Å². The molecule has 2 aromatic carbocycles. The zero-order valence-electron chi connectivity index (χ0n) is 15.0. The fraction of sp³-hybridized carbons (Fsp3) is 0.273. The standard InChI is InChI=1S/C22H21ClN2O2/c23-20-4-2-1-3-16(20)8-10-21(26)24-19-9-7-15-11-12-25(14-18(15)13-19)22(27)17-5-6-17/h1-4,7-10,13,17H,5-6,11-12,14H2,(H,24,26)/b10-8+. The van der Waals surface area contributed by atoms with Gasteiger partial charge in [0.05, 0.1) is 0 Å². The van der Waals surface area contributed by atoms with Crippen molar-refractivity contribution < 1.29 is 9.59 Å². The van der Waals surface area contributed by atoms with Crippen molar-refractivity contribution in [3.63, 3.8) is 0 Å². The van der Waals surface area contributed by atoms with Crippen LogP contribution in [0.2, 0.25) is 5.02 Å². The Balaban J connectivity index is 1.43. The van der Waals surface area contributed by atoms with Gasteiger partial charge in [-0.25, -0.2) is 0 Å². The summed E-state index contributed by atoms with van der Waals surface area (Å²) in [6.45, 7) is 1.42. The van der Waals surface area contributed by atoms with Crippen molar-refractivity contribution in [3.8, 4) is 0 Å². The summed E-state index contributed by atoms with van der Waals surface area (Å²) >= 11 is 6.10. The van der Waals surface area contributed by atoms with Gasteiger partial charge in [0.25, 0.3) is 0 Å². The minimum Gasteiger partial charge on any atom is -0.338 e. The second-order valence-electron chi connectivity index (χ2n) is 7.11. The van der Waals surface area contributed by atoms with Gasteiger partial charge in [-0.3, -0.25) is 9.59 Å². The fourth-order valence-electron chi connectivity index (χ4n) is 3.37. The summed E-state index contributed by atoms with van der Waals surface area (Å²) in [6.07, 6.45) is 6.09. The average molecular weight is 381 g/mol. The first kappa shape index (κ1) is 17.8. The molecule has 1 fully saturated rings. The Labute approximate surface area is 163 Å². The maximum absolute atomic E-state index is 12.3. The molecule has 5 heteroatoms. The first-order chi connectivity index (χ1) is 13.1. The Bertz CT molecular complexity index is 918. The molecule has 0 bridgehead atoms. The van der Waals surface area contributed by atoms with Crippen molar-refractivity contribution in [2.75, 3.05) is 11.9 Å². The molecule has 2 aliphatic rings. The number of carbonyl (C=O) groups excluding carboxylic acids is 2. The molecule has 1 N–H and O–H groups in total. The highest BCUT2D eigenvalue weighted by Gasteiger charge is 2.34. The molecular weight excluding hydrogens is 360 g/mol. The van der Waals surface area contributed by atoms with Crippen LogP contribution < -0.4 is 5.32 Å². The molecule has 2 aromatic rings. The first-order valence-corrected chi connectivity index (χ1v) is 9.62. The van der Waals surface area contributed by atoms with Crippen LogP contribution in [0, 0.1) is 5.92 Å². The van der Waals surface area contributed by atoms with E-state index in [-0.39, 0.29) is 17.7 Å². The topological polar surface area (TPSA) is 49.4 Å². The molecule has 27 heavy (non-hydrogen) atoms. The van der Waals surface area contributed by atoms with Gasteiger partial charge >= 0.3 is 0 Å². The van der Waals surface area contributed by atoms with Gasteiger partial charge in [0, 0.05) is 35.8 Å². The first-order valence-electron chi connectivity index (χ1n) is 9.24. The molecule has 0 unspecified atom stereocenters. The lowest BCUT2D eigenvalue weighted by Crippen LogP contribution is -2.36. The molecule has 1 saturated carbocycles. The van der Waals surface area contributed by atoms with E-state index < -0.39 is 0 Å². The van der Waals surface area contributed by atoms with Crippen molar-refractivity contribution in [2.45, 2.75) is 25.8 Å². The number of nitrogens with one attached hydrogen (secondary N) is 1. The predicted molar refractivity (Wildman–Crippen MR) is 107 cm³/mol. The molecule has 2 amide bonds. The second kappa shape index (κ2) is 7.57. The van der Waals surface area contributed by atoms with Crippen LogP contribution in [0.25, 0.3) is 6.08 Å². The normalized spacial score (nSPS) is 16.3. The van der Waals surface area contributed by atoms with Crippen LogP contribution in [0.15, 0.2) is 48.5 Å². The van der Waals surface area contributed by atoms with E-state index in [4.69, 9.17) is 11.6 Å². The van der Waals surface area contributed by atoms with Crippen LogP contribution in [0.4, 0.5) is 5.69 Å². The van der Waals surface area contributed by atoms with Crippen molar-refractivity contribution in [3.05, 3.63) is 70.3 Å². The lowest BCUT2D eigenvalue weighted by Gasteiger charge is -2.29. The van der Waals surface area contributed by atoms with E-state index in [0.29, 0.717) is 11.6 Å². The molecule has 1 heterocycles.